The number of carbonyl (C=O) groups is 2. The number of halogens is 2. The molecule has 0 aromatic heterocycles. The maximum Gasteiger partial charge on any atom is 0.337 e. The van der Waals surface area contributed by atoms with Crippen LogP contribution in [0.3, 0.4) is 0 Å². The molecule has 0 heterocycles. The summed E-state index contributed by atoms with van der Waals surface area (Å²) in [5.74, 6) is -1.16. The number of carbonyl (C=O) groups excluding carboxylic acids is 1. The van der Waals surface area contributed by atoms with Gasteiger partial charge in [0.15, 0.2) is 0 Å². The van der Waals surface area contributed by atoms with Crippen LogP contribution in [0.4, 0.5) is 5.69 Å². The Morgan fingerprint density at radius 1 is 1.15 bits per heavy atom. The Morgan fingerprint density at radius 2 is 1.80 bits per heavy atom. The fourth-order valence-electron chi connectivity index (χ4n) is 2.46. The van der Waals surface area contributed by atoms with Gasteiger partial charge in [0, 0.05) is 14.9 Å². The normalized spacial score (nSPS) is 15.9. The molecule has 2 N–H and O–H groups in total. The molecule has 108 valence electrons. The third-order valence-electron chi connectivity index (χ3n) is 3.51. The van der Waals surface area contributed by atoms with E-state index in [0.717, 1.165) is 25.7 Å². The first-order valence-corrected chi connectivity index (χ1v) is 8.11. The number of amides is 1. The highest BCUT2D eigenvalue weighted by molar-refractivity contribution is 9.11. The number of hydrogen-bond acceptors (Lipinski definition) is 2. The summed E-state index contributed by atoms with van der Waals surface area (Å²) in [5, 5.41) is 12.0. The van der Waals surface area contributed by atoms with Crippen LogP contribution in [0.2, 0.25) is 0 Å². The standard InChI is InChI=1S/C14H15Br2NO3/c15-9-6-10(14(19)20)12(11(16)7-9)17-13(18)8-4-2-1-3-5-8/h6-8H,1-5H2,(H,17,18)(H,19,20). The van der Waals surface area contributed by atoms with Crippen LogP contribution in [0, 0.1) is 5.92 Å². The van der Waals surface area contributed by atoms with Crippen molar-refractivity contribution in [2.24, 2.45) is 5.92 Å². The summed E-state index contributed by atoms with van der Waals surface area (Å²) in [5.41, 5.74) is 0.409. The van der Waals surface area contributed by atoms with Crippen molar-refractivity contribution in [1.29, 1.82) is 0 Å². The Kier molecular flexibility index (Phi) is 5.21. The van der Waals surface area contributed by atoms with Gasteiger partial charge in [0.2, 0.25) is 5.91 Å². The number of anilines is 1. The average Bonchev–Trinajstić information content (AvgIpc) is 2.42. The fourth-order valence-corrected chi connectivity index (χ4v) is 3.78. The zero-order chi connectivity index (χ0) is 14.7. The van der Waals surface area contributed by atoms with Crippen LogP contribution in [-0.2, 0) is 4.79 Å². The van der Waals surface area contributed by atoms with Crippen molar-refractivity contribution in [2.45, 2.75) is 32.1 Å². The summed E-state index contributed by atoms with van der Waals surface area (Å²) in [6.07, 6.45) is 5.05. The summed E-state index contributed by atoms with van der Waals surface area (Å²) >= 11 is 6.56. The molecule has 1 aliphatic rings. The highest BCUT2D eigenvalue weighted by Crippen LogP contribution is 2.32. The molecular weight excluding hydrogens is 390 g/mol. The van der Waals surface area contributed by atoms with E-state index in [4.69, 9.17) is 0 Å². The van der Waals surface area contributed by atoms with Crippen LogP contribution in [0.15, 0.2) is 21.1 Å². The number of rotatable bonds is 3. The van der Waals surface area contributed by atoms with Crippen molar-refractivity contribution in [3.05, 3.63) is 26.6 Å². The first-order chi connectivity index (χ1) is 9.49. The van der Waals surface area contributed by atoms with Crippen molar-refractivity contribution >= 4 is 49.4 Å². The van der Waals surface area contributed by atoms with Gasteiger partial charge >= 0.3 is 5.97 Å². The minimum absolute atomic E-state index is 0.0130. The van der Waals surface area contributed by atoms with Crippen LogP contribution in [-0.4, -0.2) is 17.0 Å². The van der Waals surface area contributed by atoms with Crippen molar-refractivity contribution in [1.82, 2.24) is 0 Å². The van der Waals surface area contributed by atoms with Gasteiger partial charge in [0.05, 0.1) is 11.3 Å². The second kappa shape index (κ2) is 6.72. The summed E-state index contributed by atoms with van der Waals surface area (Å²) < 4.78 is 1.21. The Bertz CT molecular complexity index is 539. The average molecular weight is 405 g/mol. The molecule has 0 aliphatic heterocycles. The maximum absolute atomic E-state index is 12.2. The highest BCUT2D eigenvalue weighted by Gasteiger charge is 2.24. The van der Waals surface area contributed by atoms with Gasteiger partial charge in [-0.15, -0.1) is 0 Å². The molecule has 0 unspecified atom stereocenters. The molecule has 1 aliphatic carbocycles. The summed E-state index contributed by atoms with van der Waals surface area (Å²) in [7, 11) is 0. The zero-order valence-corrected chi connectivity index (χ0v) is 14.0. The molecule has 0 spiro atoms. The van der Waals surface area contributed by atoms with Gasteiger partial charge in [0.1, 0.15) is 0 Å². The van der Waals surface area contributed by atoms with Gasteiger partial charge in [-0.25, -0.2) is 4.79 Å². The Hall–Kier alpha value is -0.880. The second-order valence-corrected chi connectivity index (χ2v) is 6.71. The van der Waals surface area contributed by atoms with Gasteiger partial charge < -0.3 is 10.4 Å². The minimum atomic E-state index is -1.06. The number of aromatic carboxylic acids is 1. The van der Waals surface area contributed by atoms with E-state index in [1.54, 1.807) is 6.07 Å². The minimum Gasteiger partial charge on any atom is -0.478 e. The van der Waals surface area contributed by atoms with E-state index in [0.29, 0.717) is 14.6 Å². The topological polar surface area (TPSA) is 66.4 Å². The SMILES string of the molecule is O=C(O)c1cc(Br)cc(Br)c1NC(=O)C1CCCCC1. The zero-order valence-electron chi connectivity index (χ0n) is 10.8. The molecule has 0 saturated heterocycles. The van der Waals surface area contributed by atoms with E-state index in [-0.39, 0.29) is 17.4 Å². The molecule has 1 aromatic carbocycles. The van der Waals surface area contributed by atoms with Crippen molar-refractivity contribution < 1.29 is 14.7 Å². The number of carboxylic acid groups (broad SMARTS) is 1. The third-order valence-corrected chi connectivity index (χ3v) is 4.59. The van der Waals surface area contributed by atoms with Crippen LogP contribution in [0.1, 0.15) is 42.5 Å². The van der Waals surface area contributed by atoms with E-state index in [9.17, 15) is 14.7 Å². The van der Waals surface area contributed by atoms with E-state index < -0.39 is 5.97 Å². The van der Waals surface area contributed by atoms with Crippen LogP contribution < -0.4 is 5.32 Å². The number of hydrogen-bond donors (Lipinski definition) is 2. The third kappa shape index (κ3) is 3.61. The molecule has 20 heavy (non-hydrogen) atoms. The molecule has 1 fully saturated rings. The lowest BCUT2D eigenvalue weighted by atomic mass is 9.88. The van der Waals surface area contributed by atoms with Gasteiger partial charge in [-0.1, -0.05) is 35.2 Å². The molecular formula is C14H15Br2NO3. The van der Waals surface area contributed by atoms with E-state index in [1.807, 2.05) is 0 Å². The van der Waals surface area contributed by atoms with Crippen molar-refractivity contribution in [2.75, 3.05) is 5.32 Å². The Morgan fingerprint density at radius 3 is 2.40 bits per heavy atom. The molecule has 2 rings (SSSR count). The lowest BCUT2D eigenvalue weighted by molar-refractivity contribution is -0.120. The first kappa shape index (κ1) is 15.5. The smallest absolute Gasteiger partial charge is 0.337 e. The van der Waals surface area contributed by atoms with Crippen molar-refractivity contribution in [3.63, 3.8) is 0 Å². The summed E-state index contributed by atoms with van der Waals surface area (Å²) in [6, 6.07) is 3.21. The Balaban J connectivity index is 2.23. The fraction of sp³-hybridized carbons (Fsp3) is 0.429. The molecule has 0 radical (unpaired) electrons. The number of carboxylic acids is 1. The van der Waals surface area contributed by atoms with Crippen molar-refractivity contribution in [3.8, 4) is 0 Å². The Labute approximate surface area is 134 Å². The van der Waals surface area contributed by atoms with E-state index >= 15 is 0 Å². The lowest BCUT2D eigenvalue weighted by Crippen LogP contribution is -2.25. The predicted octanol–water partition coefficient (Wildman–Crippen LogP) is 4.43. The van der Waals surface area contributed by atoms with E-state index in [1.165, 1.54) is 12.5 Å². The molecule has 6 heteroatoms. The monoisotopic (exact) mass is 403 g/mol. The predicted molar refractivity (Wildman–Crippen MR) is 84.0 cm³/mol. The highest BCUT2D eigenvalue weighted by atomic mass is 79.9. The quantitative estimate of drug-likeness (QED) is 0.782. The largest absolute Gasteiger partial charge is 0.478 e. The maximum atomic E-state index is 12.2. The number of nitrogens with one attached hydrogen (secondary N) is 1. The second-order valence-electron chi connectivity index (χ2n) is 4.94. The first-order valence-electron chi connectivity index (χ1n) is 6.52. The molecule has 0 bridgehead atoms. The molecule has 4 nitrogen and oxygen atoms in total. The lowest BCUT2D eigenvalue weighted by Gasteiger charge is -2.21. The van der Waals surface area contributed by atoms with Gasteiger partial charge in [-0.3, -0.25) is 4.79 Å². The molecule has 1 aromatic rings. The molecule has 0 atom stereocenters. The summed E-state index contributed by atoms with van der Waals surface area (Å²) in [4.78, 5) is 23.5. The van der Waals surface area contributed by atoms with Gasteiger partial charge in [-0.05, 0) is 40.9 Å². The van der Waals surface area contributed by atoms with Crippen LogP contribution >= 0.6 is 31.9 Å². The van der Waals surface area contributed by atoms with Gasteiger partial charge in [0.25, 0.3) is 0 Å². The van der Waals surface area contributed by atoms with E-state index in [2.05, 4.69) is 37.2 Å². The molecule has 1 amide bonds. The number of benzene rings is 1. The van der Waals surface area contributed by atoms with Crippen LogP contribution in [0.5, 0.6) is 0 Å². The summed E-state index contributed by atoms with van der Waals surface area (Å²) in [6.45, 7) is 0. The molecule has 1 saturated carbocycles. The van der Waals surface area contributed by atoms with Crippen LogP contribution in [0.25, 0.3) is 0 Å². The van der Waals surface area contributed by atoms with Gasteiger partial charge in [-0.2, -0.15) is 0 Å².